The van der Waals surface area contributed by atoms with Crippen molar-refractivity contribution in [1.82, 2.24) is 10.9 Å². The first-order valence-corrected chi connectivity index (χ1v) is 14.0. The Labute approximate surface area is 248 Å². The molecular formula is C33H32BrN3O4. The summed E-state index contributed by atoms with van der Waals surface area (Å²) in [6.45, 7) is 6.74. The SMILES string of the molecule is CC(C)(C)c1ccc(C(=O)Nc2ccc(C(=O)NNC(=O)c3cc(Br)ccc3OCCc3ccccc3)cc2)cc1. The van der Waals surface area contributed by atoms with Crippen LogP contribution >= 0.6 is 15.9 Å². The van der Waals surface area contributed by atoms with E-state index in [9.17, 15) is 14.4 Å². The quantitative estimate of drug-likeness (QED) is 0.193. The number of halogens is 1. The average molecular weight is 615 g/mol. The second-order valence-electron chi connectivity index (χ2n) is 10.5. The molecule has 0 aliphatic carbocycles. The molecule has 3 N–H and O–H groups in total. The van der Waals surface area contributed by atoms with Gasteiger partial charge in [0.2, 0.25) is 0 Å². The minimum Gasteiger partial charge on any atom is -0.492 e. The number of hydrazine groups is 1. The van der Waals surface area contributed by atoms with Crippen molar-refractivity contribution in [2.75, 3.05) is 11.9 Å². The smallest absolute Gasteiger partial charge is 0.273 e. The van der Waals surface area contributed by atoms with Gasteiger partial charge in [-0.3, -0.25) is 25.2 Å². The van der Waals surface area contributed by atoms with Gasteiger partial charge in [0, 0.05) is 27.7 Å². The molecule has 0 unspecified atom stereocenters. The fourth-order valence-electron chi connectivity index (χ4n) is 4.01. The zero-order valence-electron chi connectivity index (χ0n) is 23.2. The number of hydrogen-bond donors (Lipinski definition) is 3. The number of carbonyl (C=O) groups excluding carboxylic acids is 3. The van der Waals surface area contributed by atoms with Crippen LogP contribution in [0.2, 0.25) is 0 Å². The van der Waals surface area contributed by atoms with E-state index in [0.29, 0.717) is 40.1 Å². The van der Waals surface area contributed by atoms with E-state index in [2.05, 4.69) is 52.9 Å². The zero-order chi connectivity index (χ0) is 29.4. The Kier molecular flexibility index (Phi) is 9.57. The van der Waals surface area contributed by atoms with Crippen LogP contribution in [-0.2, 0) is 11.8 Å². The summed E-state index contributed by atoms with van der Waals surface area (Å²) in [6, 6.07) is 28.9. The van der Waals surface area contributed by atoms with Gasteiger partial charge in [-0.25, -0.2) is 0 Å². The molecule has 0 atom stereocenters. The Morgan fingerprint density at radius 3 is 2.00 bits per heavy atom. The molecule has 8 heteroatoms. The maximum atomic E-state index is 12.9. The molecule has 0 aliphatic rings. The molecule has 0 fully saturated rings. The first-order chi connectivity index (χ1) is 19.6. The van der Waals surface area contributed by atoms with Gasteiger partial charge in [-0.1, -0.05) is 79.2 Å². The molecule has 0 aliphatic heterocycles. The monoisotopic (exact) mass is 613 g/mol. The molecule has 0 saturated carbocycles. The van der Waals surface area contributed by atoms with E-state index in [0.717, 1.165) is 11.1 Å². The van der Waals surface area contributed by atoms with Crippen LogP contribution in [0.1, 0.15) is 63.0 Å². The summed E-state index contributed by atoms with van der Waals surface area (Å²) in [5, 5.41) is 2.83. The van der Waals surface area contributed by atoms with Crippen LogP contribution < -0.4 is 20.9 Å². The van der Waals surface area contributed by atoms with Crippen LogP contribution in [0.3, 0.4) is 0 Å². The lowest BCUT2D eigenvalue weighted by molar-refractivity contribution is 0.0844. The predicted molar refractivity (Wildman–Crippen MR) is 164 cm³/mol. The highest BCUT2D eigenvalue weighted by Crippen LogP contribution is 2.24. The molecule has 0 radical (unpaired) electrons. The Hall–Kier alpha value is -4.43. The largest absolute Gasteiger partial charge is 0.492 e. The van der Waals surface area contributed by atoms with E-state index >= 15 is 0 Å². The number of anilines is 1. The summed E-state index contributed by atoms with van der Waals surface area (Å²) in [6.07, 6.45) is 0.689. The number of amides is 3. The van der Waals surface area contributed by atoms with Crippen LogP contribution in [-0.4, -0.2) is 24.3 Å². The van der Waals surface area contributed by atoms with Gasteiger partial charge in [0.05, 0.1) is 12.2 Å². The van der Waals surface area contributed by atoms with Gasteiger partial charge >= 0.3 is 0 Å². The van der Waals surface area contributed by atoms with E-state index < -0.39 is 11.8 Å². The second kappa shape index (κ2) is 13.3. The van der Waals surface area contributed by atoms with E-state index in [-0.39, 0.29) is 16.9 Å². The average Bonchev–Trinajstić information content (AvgIpc) is 2.97. The van der Waals surface area contributed by atoms with Crippen molar-refractivity contribution in [2.45, 2.75) is 32.6 Å². The van der Waals surface area contributed by atoms with Gasteiger partial charge in [-0.15, -0.1) is 0 Å². The highest BCUT2D eigenvalue weighted by Gasteiger charge is 2.16. The van der Waals surface area contributed by atoms with Crippen LogP contribution in [0.25, 0.3) is 0 Å². The Bertz CT molecular complexity index is 1510. The molecule has 7 nitrogen and oxygen atoms in total. The molecule has 4 rings (SSSR count). The minimum absolute atomic E-state index is 0.00140. The fourth-order valence-corrected chi connectivity index (χ4v) is 4.37. The molecular weight excluding hydrogens is 582 g/mol. The molecule has 0 saturated heterocycles. The van der Waals surface area contributed by atoms with Crippen LogP contribution in [0, 0.1) is 0 Å². The standard InChI is InChI=1S/C33H32BrN3O4/c1-33(2,3)25-13-9-23(10-14-25)30(38)35-27-16-11-24(12-17-27)31(39)36-37-32(40)28-21-26(34)15-18-29(28)41-20-19-22-7-5-4-6-8-22/h4-18,21H,19-20H2,1-3H3,(H,35,38)(H,36,39)(H,37,40). The fraction of sp³-hybridized carbons (Fsp3) is 0.182. The van der Waals surface area contributed by atoms with E-state index in [1.807, 2.05) is 42.5 Å². The molecule has 0 heterocycles. The second-order valence-corrected chi connectivity index (χ2v) is 11.4. The summed E-state index contributed by atoms with van der Waals surface area (Å²) < 4.78 is 6.58. The number of benzene rings is 4. The lowest BCUT2D eigenvalue weighted by Gasteiger charge is -2.19. The predicted octanol–water partition coefficient (Wildman–Crippen LogP) is 6.70. The van der Waals surface area contributed by atoms with Crippen LogP contribution in [0.4, 0.5) is 5.69 Å². The third kappa shape index (κ3) is 8.28. The maximum absolute atomic E-state index is 12.9. The van der Waals surface area contributed by atoms with Crippen molar-refractivity contribution in [3.8, 4) is 5.75 Å². The van der Waals surface area contributed by atoms with E-state index in [1.165, 1.54) is 0 Å². The Morgan fingerprint density at radius 1 is 0.732 bits per heavy atom. The summed E-state index contributed by atoms with van der Waals surface area (Å²) in [7, 11) is 0. The van der Waals surface area contributed by atoms with Gasteiger partial charge in [0.1, 0.15) is 5.75 Å². The third-order valence-electron chi connectivity index (χ3n) is 6.38. The summed E-state index contributed by atoms with van der Waals surface area (Å²) in [5.74, 6) is -0.860. The number of rotatable bonds is 8. The molecule has 210 valence electrons. The van der Waals surface area contributed by atoms with Crippen molar-refractivity contribution >= 4 is 39.3 Å². The normalized spacial score (nSPS) is 10.9. The maximum Gasteiger partial charge on any atom is 0.273 e. The molecule has 4 aromatic carbocycles. The lowest BCUT2D eigenvalue weighted by atomic mass is 9.87. The lowest BCUT2D eigenvalue weighted by Crippen LogP contribution is -2.41. The Balaban J connectivity index is 1.31. The summed E-state index contributed by atoms with van der Waals surface area (Å²) in [4.78, 5) is 38.2. The van der Waals surface area contributed by atoms with Crippen molar-refractivity contribution in [3.05, 3.63) is 129 Å². The molecule has 0 bridgehead atoms. The first-order valence-electron chi connectivity index (χ1n) is 13.2. The molecule has 0 spiro atoms. The zero-order valence-corrected chi connectivity index (χ0v) is 24.7. The van der Waals surface area contributed by atoms with Crippen molar-refractivity contribution in [1.29, 1.82) is 0 Å². The van der Waals surface area contributed by atoms with Gasteiger partial charge in [-0.05, 0) is 71.1 Å². The van der Waals surface area contributed by atoms with Gasteiger partial charge in [-0.2, -0.15) is 0 Å². The minimum atomic E-state index is -0.518. The van der Waals surface area contributed by atoms with E-state index in [4.69, 9.17) is 4.74 Å². The van der Waals surface area contributed by atoms with Gasteiger partial charge < -0.3 is 10.1 Å². The van der Waals surface area contributed by atoms with Crippen LogP contribution in [0.5, 0.6) is 5.75 Å². The Morgan fingerprint density at radius 2 is 1.34 bits per heavy atom. The molecule has 0 aromatic heterocycles. The van der Waals surface area contributed by atoms with Crippen molar-refractivity contribution in [3.63, 3.8) is 0 Å². The van der Waals surface area contributed by atoms with Crippen LogP contribution in [0.15, 0.2) is 102 Å². The molecule has 4 aromatic rings. The van der Waals surface area contributed by atoms with Gasteiger partial charge in [0.15, 0.2) is 0 Å². The summed E-state index contributed by atoms with van der Waals surface area (Å²) >= 11 is 3.38. The third-order valence-corrected chi connectivity index (χ3v) is 6.88. The summed E-state index contributed by atoms with van der Waals surface area (Å²) in [5.41, 5.74) is 8.83. The molecule has 3 amide bonds. The van der Waals surface area contributed by atoms with Crippen molar-refractivity contribution in [2.24, 2.45) is 0 Å². The number of ether oxygens (including phenoxy) is 1. The number of nitrogens with one attached hydrogen (secondary N) is 3. The van der Waals surface area contributed by atoms with Crippen molar-refractivity contribution < 1.29 is 19.1 Å². The highest BCUT2D eigenvalue weighted by atomic mass is 79.9. The number of hydrogen-bond acceptors (Lipinski definition) is 4. The topological polar surface area (TPSA) is 96.5 Å². The van der Waals surface area contributed by atoms with Gasteiger partial charge in [0.25, 0.3) is 17.7 Å². The van der Waals surface area contributed by atoms with E-state index in [1.54, 1.807) is 54.6 Å². The molecule has 41 heavy (non-hydrogen) atoms. The highest BCUT2D eigenvalue weighted by molar-refractivity contribution is 9.10. The first kappa shape index (κ1) is 29.6. The number of carbonyl (C=O) groups is 3.